The average Bonchev–Trinajstić information content (AvgIpc) is 3.41. The third kappa shape index (κ3) is 5.03. The molecular weight excluding hydrogens is 483 g/mol. The summed E-state index contributed by atoms with van der Waals surface area (Å²) in [5.74, 6) is 0. The summed E-state index contributed by atoms with van der Waals surface area (Å²) in [7, 11) is 2.38. The molecule has 4 rings (SSSR count). The van der Waals surface area contributed by atoms with Crippen molar-refractivity contribution in [2.24, 2.45) is 0 Å². The van der Waals surface area contributed by atoms with E-state index >= 15 is 0 Å². The third-order valence-corrected chi connectivity index (χ3v) is 18.1. The van der Waals surface area contributed by atoms with Crippen molar-refractivity contribution < 1.29 is 14.0 Å². The van der Waals surface area contributed by atoms with Gasteiger partial charge in [0.25, 0.3) is 0 Å². The van der Waals surface area contributed by atoms with Gasteiger partial charge < -0.3 is 0 Å². The van der Waals surface area contributed by atoms with E-state index in [1.165, 1.54) is 35.1 Å². The van der Waals surface area contributed by atoms with E-state index in [0.717, 1.165) is 12.8 Å². The van der Waals surface area contributed by atoms with E-state index in [9.17, 15) is 0 Å². The van der Waals surface area contributed by atoms with Crippen LogP contribution in [0, 0.1) is 0 Å². The van der Waals surface area contributed by atoms with Gasteiger partial charge in [-0.15, -0.1) is 24.8 Å². The topological polar surface area (TPSA) is 0 Å². The van der Waals surface area contributed by atoms with Gasteiger partial charge in [0, 0.05) is 0 Å². The molecule has 0 spiro atoms. The Labute approximate surface area is 209 Å². The molecule has 2 aliphatic rings. The first-order valence-corrected chi connectivity index (χ1v) is 20.1. The van der Waals surface area contributed by atoms with E-state index in [2.05, 4.69) is 105 Å². The minimum Gasteiger partial charge on any atom is -0.147 e. The Morgan fingerprint density at radius 1 is 0.656 bits per heavy atom. The molecule has 0 saturated carbocycles. The predicted octanol–water partition coefficient (Wildman–Crippen LogP) is 8.47. The Balaban J connectivity index is 0.00000181. The molecule has 0 bridgehead atoms. The Morgan fingerprint density at radius 2 is 1.00 bits per heavy atom. The van der Waals surface area contributed by atoms with Crippen LogP contribution in [-0.2, 0) is 14.0 Å². The zero-order valence-electron chi connectivity index (χ0n) is 19.8. The molecule has 2 aromatic carbocycles. The van der Waals surface area contributed by atoms with Crippen molar-refractivity contribution in [2.45, 2.75) is 50.0 Å². The van der Waals surface area contributed by atoms with E-state index in [1.54, 1.807) is 18.9 Å². The Bertz CT molecular complexity index is 1070. The van der Waals surface area contributed by atoms with Crippen LogP contribution in [0.1, 0.15) is 50.7 Å². The van der Waals surface area contributed by atoms with Crippen LogP contribution in [0.5, 0.6) is 0 Å². The van der Waals surface area contributed by atoms with Gasteiger partial charge in [0.15, 0.2) is 0 Å². The molecule has 0 N–H and O–H groups in total. The zero-order chi connectivity index (χ0) is 21.4. The second kappa shape index (κ2) is 10.5. The second-order valence-corrected chi connectivity index (χ2v) is 28.9. The Kier molecular flexibility index (Phi) is 8.87. The quantitative estimate of drug-likeness (QED) is 0.336. The molecule has 0 aromatic heterocycles. The minimum absolute atomic E-state index is 0. The number of benzene rings is 2. The van der Waals surface area contributed by atoms with E-state index in [4.69, 9.17) is 0 Å². The fourth-order valence-corrected chi connectivity index (χ4v) is 14.2. The van der Waals surface area contributed by atoms with Gasteiger partial charge in [-0.3, -0.25) is 0 Å². The summed E-state index contributed by atoms with van der Waals surface area (Å²) >= 11 is -3.12. The second-order valence-electron chi connectivity index (χ2n) is 9.87. The average molecular weight is 519 g/mol. The molecule has 0 nitrogen and oxygen atoms in total. The van der Waals surface area contributed by atoms with Gasteiger partial charge in [0.05, 0.1) is 0 Å². The van der Waals surface area contributed by atoms with Crippen LogP contribution in [0.3, 0.4) is 0 Å². The molecule has 2 aromatic rings. The van der Waals surface area contributed by atoms with Crippen molar-refractivity contribution in [1.29, 1.82) is 0 Å². The monoisotopic (exact) mass is 518 g/mol. The fraction of sp³-hybridized carbons (Fsp3) is 0.286. The number of allylic oxidation sites excluding steroid dienone is 8. The number of halogens is 2. The van der Waals surface area contributed by atoms with Gasteiger partial charge in [0.1, 0.15) is 0 Å². The van der Waals surface area contributed by atoms with Crippen molar-refractivity contribution in [3.63, 3.8) is 0 Å². The van der Waals surface area contributed by atoms with E-state index < -0.39 is 14.0 Å². The first-order chi connectivity index (χ1) is 14.3. The van der Waals surface area contributed by atoms with Crippen molar-refractivity contribution in [3.8, 4) is 0 Å². The molecule has 0 atom stereocenters. The number of rotatable bonds is 6. The molecule has 32 heavy (non-hydrogen) atoms. The summed E-state index contributed by atoms with van der Waals surface area (Å²) in [5.41, 5.74) is 9.02. The van der Waals surface area contributed by atoms with E-state index in [-0.39, 0.29) is 24.8 Å². The Hall–Kier alpha value is -1.09. The first kappa shape index (κ1) is 27.2. The largest absolute Gasteiger partial charge is 0.147 e. The molecule has 0 aliphatic heterocycles. The number of hydrogen-bond donors (Lipinski definition) is 0. The molecule has 0 unspecified atom stereocenters. The molecule has 4 heteroatoms. The molecule has 0 amide bonds. The maximum absolute atomic E-state index is 3.12. The van der Waals surface area contributed by atoms with E-state index in [0.29, 0.717) is 0 Å². The fourth-order valence-electron chi connectivity index (χ4n) is 5.15. The molecule has 0 heterocycles. The smallest absolute Gasteiger partial charge is 0.147 e. The normalized spacial score (nSPS) is 16.4. The summed E-state index contributed by atoms with van der Waals surface area (Å²) in [6.45, 7) is 4.62. The van der Waals surface area contributed by atoms with Crippen LogP contribution in [0.4, 0.5) is 0 Å². The van der Waals surface area contributed by atoms with Gasteiger partial charge in [-0.25, -0.2) is 0 Å². The molecule has 170 valence electrons. The van der Waals surface area contributed by atoms with Crippen molar-refractivity contribution >= 4 is 43.6 Å². The third-order valence-electron chi connectivity index (χ3n) is 7.17. The molecule has 0 saturated heterocycles. The number of hydrogen-bond acceptors (Lipinski definition) is 0. The summed E-state index contributed by atoms with van der Waals surface area (Å²) in [6, 6.07) is 22.2. The summed E-state index contributed by atoms with van der Waals surface area (Å²) < 4.78 is 3.53. The van der Waals surface area contributed by atoms with E-state index in [1.807, 2.05) is 0 Å². The van der Waals surface area contributed by atoms with Crippen molar-refractivity contribution in [1.82, 2.24) is 0 Å². The van der Waals surface area contributed by atoms with Gasteiger partial charge in [0.2, 0.25) is 0 Å². The summed E-state index contributed by atoms with van der Waals surface area (Å²) in [4.78, 5) is 0. The van der Waals surface area contributed by atoms with Crippen LogP contribution in [0.25, 0.3) is 11.1 Å². The minimum atomic E-state index is -3.12. The maximum atomic E-state index is 2.67. The van der Waals surface area contributed by atoms with Crippen LogP contribution in [-0.4, -0.2) is 7.63 Å². The maximum Gasteiger partial charge on any atom is -0.147 e. The van der Waals surface area contributed by atoms with Gasteiger partial charge in [-0.1, -0.05) is 0 Å². The van der Waals surface area contributed by atoms with Crippen molar-refractivity contribution in [2.75, 3.05) is 0 Å². The molecule has 2 aliphatic carbocycles. The van der Waals surface area contributed by atoms with Crippen LogP contribution in [0.15, 0.2) is 91.7 Å². The van der Waals surface area contributed by atoms with Gasteiger partial charge in [-0.05, 0) is 0 Å². The molecule has 0 radical (unpaired) electrons. The first-order valence-electron chi connectivity index (χ1n) is 11.4. The predicted molar refractivity (Wildman–Crippen MR) is 147 cm³/mol. The van der Waals surface area contributed by atoms with Gasteiger partial charge >= 0.3 is 186 Å². The van der Waals surface area contributed by atoms with Crippen molar-refractivity contribution in [3.05, 3.63) is 103 Å². The zero-order valence-corrected chi connectivity index (χ0v) is 24.4. The summed E-state index contributed by atoms with van der Waals surface area (Å²) in [6.07, 6.45) is 9.66. The molecular formula is C28H36Cl2SiTi. The van der Waals surface area contributed by atoms with Crippen LogP contribution in [0.2, 0.25) is 10.5 Å². The SMILES string of the molecule is CCC1=CC(c2ccccc2)=[C]([Ti]([CH3])([CH3])(=[SiH2])[C]2=C(c3ccccc3)C=C(CC)C2)C1.Cl.Cl. The van der Waals surface area contributed by atoms with Gasteiger partial charge in [-0.2, -0.15) is 0 Å². The Morgan fingerprint density at radius 3 is 1.31 bits per heavy atom. The summed E-state index contributed by atoms with van der Waals surface area (Å²) in [5, 5.41) is 5.34. The van der Waals surface area contributed by atoms with Crippen LogP contribution < -0.4 is 0 Å². The van der Waals surface area contributed by atoms with Crippen LogP contribution >= 0.6 is 24.8 Å². The molecule has 0 fully saturated rings. The standard InChI is InChI=1S/2C13H13.2CH3.2ClH.H2Si.Ti/c2*1-2-11-8-9-13(10-11)12-6-4-3-5-7-12;;;;;;/h2*3-7,10H,2,8H2,1H3;2*1H3;2*1H;1H2;.